The summed E-state index contributed by atoms with van der Waals surface area (Å²) < 4.78 is 40.2. The molecule has 1 fully saturated rings. The molecule has 3 aliphatic rings. The molecule has 13 heteroatoms. The predicted molar refractivity (Wildman–Crippen MR) is 164 cm³/mol. The van der Waals surface area contributed by atoms with Gasteiger partial charge in [0.15, 0.2) is 11.3 Å². The lowest BCUT2D eigenvalue weighted by molar-refractivity contribution is -0.150. The Morgan fingerprint density at radius 2 is 1.96 bits per heavy atom. The van der Waals surface area contributed by atoms with Gasteiger partial charge in [-0.25, -0.2) is 8.78 Å². The van der Waals surface area contributed by atoms with Crippen molar-refractivity contribution in [3.05, 3.63) is 63.1 Å². The molecule has 1 aromatic heterocycles. The molecule has 1 spiro atoms. The predicted octanol–water partition coefficient (Wildman–Crippen LogP) is 5.01. The molecule has 2 aromatic rings. The Morgan fingerprint density at radius 1 is 1.17 bits per heavy atom. The molecule has 0 radical (unpaired) electrons. The number of esters is 1. The number of amides is 2. The summed E-state index contributed by atoms with van der Waals surface area (Å²) in [6, 6.07) is 2.23. The maximum atomic E-state index is 14.3. The molecule has 2 amide bonds. The minimum atomic E-state index is -0.895. The molecule has 0 unspecified atom stereocenters. The number of nitrogens with one attached hydrogen (secondary N) is 1. The van der Waals surface area contributed by atoms with Crippen LogP contribution in [0.5, 0.6) is 5.75 Å². The zero-order valence-electron chi connectivity index (χ0n) is 26.4. The summed E-state index contributed by atoms with van der Waals surface area (Å²) in [5, 5.41) is 6.72. The second-order valence-corrected chi connectivity index (χ2v) is 12.3. The van der Waals surface area contributed by atoms with Gasteiger partial charge < -0.3 is 29.1 Å². The smallest absolute Gasteiger partial charge is 0.308 e. The van der Waals surface area contributed by atoms with E-state index in [4.69, 9.17) is 14.3 Å². The van der Waals surface area contributed by atoms with E-state index in [2.05, 4.69) is 17.4 Å². The molecule has 1 aromatic carbocycles. The molecular formula is C33H40F2N4O7. The van der Waals surface area contributed by atoms with Crippen molar-refractivity contribution in [3.8, 4) is 5.75 Å². The molecule has 3 atom stereocenters. The average molecular weight is 643 g/mol. The third-order valence-electron chi connectivity index (χ3n) is 9.03. The first-order valence-corrected chi connectivity index (χ1v) is 15.9. The van der Waals surface area contributed by atoms with Gasteiger partial charge in [-0.15, -0.1) is 0 Å². The number of oxime groups is 1. The van der Waals surface area contributed by atoms with E-state index in [9.17, 15) is 28.0 Å². The number of hydrogen-bond donors (Lipinski definition) is 1. The Morgan fingerprint density at radius 3 is 2.67 bits per heavy atom. The number of fused-ring (bicyclic) bond motifs is 5. The fourth-order valence-electron chi connectivity index (χ4n) is 6.44. The van der Waals surface area contributed by atoms with Crippen LogP contribution in [0.4, 0.5) is 8.78 Å². The number of ether oxygens (including phenoxy) is 2. The minimum absolute atomic E-state index is 0.0143. The van der Waals surface area contributed by atoms with Crippen LogP contribution in [0.2, 0.25) is 0 Å². The van der Waals surface area contributed by atoms with Gasteiger partial charge >= 0.3 is 5.97 Å². The second kappa shape index (κ2) is 14.0. The molecule has 1 N–H and O–H groups in total. The summed E-state index contributed by atoms with van der Waals surface area (Å²) >= 11 is 0. The van der Waals surface area contributed by atoms with Gasteiger partial charge in [-0.2, -0.15) is 0 Å². The van der Waals surface area contributed by atoms with Crippen LogP contribution in [-0.2, 0) is 20.9 Å². The Hall–Kier alpha value is -4.29. The van der Waals surface area contributed by atoms with Crippen LogP contribution in [0.25, 0.3) is 0 Å². The number of rotatable bonds is 12. The van der Waals surface area contributed by atoms with E-state index in [0.717, 1.165) is 37.5 Å². The van der Waals surface area contributed by atoms with Crippen molar-refractivity contribution in [2.24, 2.45) is 5.16 Å². The fourth-order valence-corrected chi connectivity index (χ4v) is 6.44. The molecule has 5 rings (SSSR count). The second-order valence-electron chi connectivity index (χ2n) is 12.3. The van der Waals surface area contributed by atoms with Gasteiger partial charge in [-0.1, -0.05) is 43.8 Å². The van der Waals surface area contributed by atoms with Crippen molar-refractivity contribution in [2.45, 2.75) is 103 Å². The van der Waals surface area contributed by atoms with E-state index < -0.39 is 59.0 Å². The van der Waals surface area contributed by atoms with Gasteiger partial charge in [-0.05, 0) is 39.2 Å². The van der Waals surface area contributed by atoms with Crippen molar-refractivity contribution in [1.29, 1.82) is 0 Å². The van der Waals surface area contributed by atoms with Gasteiger partial charge in [0.2, 0.25) is 18.0 Å². The van der Waals surface area contributed by atoms with Gasteiger partial charge in [0.1, 0.15) is 17.2 Å². The molecule has 1 saturated heterocycles. The zero-order chi connectivity index (χ0) is 33.0. The van der Waals surface area contributed by atoms with Crippen molar-refractivity contribution < 1.29 is 37.5 Å². The minimum Gasteiger partial charge on any atom is -0.451 e. The number of halogens is 2. The van der Waals surface area contributed by atoms with E-state index >= 15 is 0 Å². The highest BCUT2D eigenvalue weighted by Crippen LogP contribution is 2.46. The number of pyridine rings is 1. The van der Waals surface area contributed by atoms with Gasteiger partial charge in [0, 0.05) is 49.8 Å². The molecule has 0 saturated carbocycles. The van der Waals surface area contributed by atoms with E-state index in [1.165, 1.54) is 12.3 Å². The summed E-state index contributed by atoms with van der Waals surface area (Å²) in [6.07, 6.45) is 7.85. The monoisotopic (exact) mass is 642 g/mol. The van der Waals surface area contributed by atoms with Crippen molar-refractivity contribution >= 4 is 23.5 Å². The van der Waals surface area contributed by atoms with Crippen LogP contribution >= 0.6 is 0 Å². The third-order valence-corrected chi connectivity index (χ3v) is 9.03. The third kappa shape index (κ3) is 6.78. The van der Waals surface area contributed by atoms with E-state index in [-0.39, 0.29) is 42.4 Å². The van der Waals surface area contributed by atoms with Crippen molar-refractivity contribution in [2.75, 3.05) is 13.3 Å². The normalized spacial score (nSPS) is 21.7. The molecule has 46 heavy (non-hydrogen) atoms. The molecule has 2 bridgehead atoms. The maximum absolute atomic E-state index is 14.3. The number of nitrogens with zero attached hydrogens (tertiary/aromatic N) is 3. The zero-order valence-corrected chi connectivity index (χ0v) is 26.4. The average Bonchev–Trinajstić information content (AvgIpc) is 3.35. The summed E-state index contributed by atoms with van der Waals surface area (Å²) in [6.45, 7) is 5.15. The molecule has 248 valence electrons. The maximum Gasteiger partial charge on any atom is 0.308 e. The first-order chi connectivity index (χ1) is 22.0. The summed E-state index contributed by atoms with van der Waals surface area (Å²) in [5.74, 6) is -3.89. The lowest BCUT2D eigenvalue weighted by atomic mass is 9.84. The Balaban J connectivity index is 1.48. The topological polar surface area (TPSA) is 129 Å². The van der Waals surface area contributed by atoms with Gasteiger partial charge in [-0.3, -0.25) is 19.2 Å². The van der Waals surface area contributed by atoms with Gasteiger partial charge in [0.05, 0.1) is 11.8 Å². The number of unbranched alkanes of at least 4 members (excludes halogenated alkanes) is 4. The van der Waals surface area contributed by atoms with E-state index in [1.807, 2.05) is 13.8 Å². The molecule has 0 aliphatic carbocycles. The molecule has 11 nitrogen and oxygen atoms in total. The SMILES string of the molecule is CCCCCCCC(=O)OCOc1c2n(cc(C(=O)NCc3ccc(F)cc3F)c1=O)[C@@H]1CN(C2=O)[C@@H](C)CC[C@]12CC(C)=NO2. The summed E-state index contributed by atoms with van der Waals surface area (Å²) in [7, 11) is 0. The number of carbonyl (C=O) groups is 3. The highest BCUT2D eigenvalue weighted by Gasteiger charge is 2.54. The summed E-state index contributed by atoms with van der Waals surface area (Å²) in [4.78, 5) is 61.4. The first-order valence-electron chi connectivity index (χ1n) is 15.9. The van der Waals surface area contributed by atoms with E-state index in [1.54, 1.807) is 9.47 Å². The highest BCUT2D eigenvalue weighted by atomic mass is 19.1. The highest BCUT2D eigenvalue weighted by molar-refractivity contribution is 5.99. The van der Waals surface area contributed by atoms with Crippen LogP contribution in [0.1, 0.15) is 111 Å². The van der Waals surface area contributed by atoms with Crippen molar-refractivity contribution in [1.82, 2.24) is 14.8 Å². The number of aromatic nitrogens is 1. The molecular weight excluding hydrogens is 602 g/mol. The lowest BCUT2D eigenvalue weighted by Crippen LogP contribution is -2.52. The molecule has 4 heterocycles. The van der Waals surface area contributed by atoms with Crippen molar-refractivity contribution in [3.63, 3.8) is 0 Å². The number of benzene rings is 1. The number of carbonyl (C=O) groups excluding carboxylic acids is 3. The summed E-state index contributed by atoms with van der Waals surface area (Å²) in [5.41, 5.74) is -1.40. The quantitative estimate of drug-likeness (QED) is 0.196. The Bertz CT molecular complexity index is 1590. The largest absolute Gasteiger partial charge is 0.451 e. The molecule has 3 aliphatic heterocycles. The van der Waals surface area contributed by atoms with Gasteiger partial charge in [0.25, 0.3) is 11.8 Å². The number of hydrogen-bond acceptors (Lipinski definition) is 8. The lowest BCUT2D eigenvalue weighted by Gasteiger charge is -2.42. The van der Waals surface area contributed by atoms with Crippen LogP contribution in [0.3, 0.4) is 0 Å². The first kappa shape index (κ1) is 33.1. The van der Waals surface area contributed by atoms with Crippen LogP contribution in [0, 0.1) is 11.6 Å². The van der Waals surface area contributed by atoms with E-state index in [0.29, 0.717) is 31.7 Å². The fraction of sp³-hybridized carbons (Fsp3) is 0.545. The Kier molecular flexibility index (Phi) is 10.1. The van der Waals surface area contributed by atoms with Crippen LogP contribution < -0.4 is 15.5 Å². The standard InChI is InChI=1S/C33H40F2N4O7/c1-4-5-6-7-8-9-27(40)44-19-45-30-28-32(43)38-18-26(33(13-12-21(38)3)15-20(2)37-46-33)39(28)17-24(29(30)41)31(42)36-16-22-10-11-23(34)14-25(22)35/h10-11,14,17,21,26H,4-9,12-13,15-16,18-19H2,1-3H3,(H,36,42)/t21-,26+,33-/m0/s1. The van der Waals surface area contributed by atoms with Crippen LogP contribution in [-0.4, -0.2) is 57.9 Å². The van der Waals surface area contributed by atoms with Crippen LogP contribution in [0.15, 0.2) is 34.3 Å². The Labute approximate surface area is 265 Å².